The van der Waals surface area contributed by atoms with Crippen molar-refractivity contribution in [3.8, 4) is 0 Å². The second kappa shape index (κ2) is 11.4. The number of benzene rings is 2. The second-order valence-electron chi connectivity index (χ2n) is 8.63. The van der Waals surface area contributed by atoms with Crippen LogP contribution in [0.15, 0.2) is 54.6 Å². The molecule has 2 aromatic carbocycles. The highest BCUT2D eigenvalue weighted by Gasteiger charge is 2.32. The summed E-state index contributed by atoms with van der Waals surface area (Å²) in [5, 5.41) is 5.20. The highest BCUT2D eigenvalue weighted by atomic mass is 16.6. The Bertz CT molecular complexity index is 981. The Labute approximate surface area is 193 Å². The van der Waals surface area contributed by atoms with Gasteiger partial charge in [-0.3, -0.25) is 14.4 Å². The number of carbonyl (C=O) groups excluding carboxylic acids is 4. The van der Waals surface area contributed by atoms with Crippen molar-refractivity contribution in [2.24, 2.45) is 5.73 Å². The smallest absolute Gasteiger partial charge is 0.407 e. The summed E-state index contributed by atoms with van der Waals surface area (Å²) in [5.41, 5.74) is 7.06. The molecule has 8 nitrogen and oxygen atoms in total. The number of carbonyl (C=O) groups is 4. The monoisotopic (exact) mass is 453 g/mol. The Morgan fingerprint density at radius 3 is 1.97 bits per heavy atom. The van der Waals surface area contributed by atoms with Crippen LogP contribution in [0.3, 0.4) is 0 Å². The molecular formula is C25H31N3O5. The van der Waals surface area contributed by atoms with Gasteiger partial charge < -0.3 is 21.1 Å². The van der Waals surface area contributed by atoms with Crippen molar-refractivity contribution in [2.45, 2.75) is 45.3 Å². The van der Waals surface area contributed by atoms with Crippen LogP contribution in [0, 0.1) is 0 Å². The third kappa shape index (κ3) is 7.84. The van der Waals surface area contributed by atoms with Crippen LogP contribution in [0.1, 0.15) is 59.9 Å². The molecular weight excluding hydrogens is 422 g/mol. The summed E-state index contributed by atoms with van der Waals surface area (Å²) in [7, 11) is 0. The van der Waals surface area contributed by atoms with Crippen LogP contribution < -0.4 is 16.4 Å². The molecule has 0 bridgehead atoms. The molecule has 2 atom stereocenters. The van der Waals surface area contributed by atoms with Crippen LogP contribution in [0.2, 0.25) is 0 Å². The van der Waals surface area contributed by atoms with Crippen LogP contribution in [-0.4, -0.2) is 48.3 Å². The maximum Gasteiger partial charge on any atom is 0.407 e. The Morgan fingerprint density at radius 1 is 0.879 bits per heavy atom. The van der Waals surface area contributed by atoms with E-state index in [4.69, 9.17) is 10.5 Å². The van der Waals surface area contributed by atoms with Gasteiger partial charge in [0.05, 0.1) is 12.0 Å². The van der Waals surface area contributed by atoms with Gasteiger partial charge in [-0.2, -0.15) is 0 Å². The molecule has 0 spiro atoms. The van der Waals surface area contributed by atoms with E-state index in [9.17, 15) is 19.2 Å². The number of rotatable bonds is 9. The summed E-state index contributed by atoms with van der Waals surface area (Å²) in [6.45, 7) is 6.96. The first kappa shape index (κ1) is 25.7. The number of nitrogens with one attached hydrogen (secondary N) is 2. The number of Topliss-reactive ketones (excluding diaryl/α,β-unsaturated/α-hetero) is 2. The summed E-state index contributed by atoms with van der Waals surface area (Å²) in [4.78, 5) is 49.3. The van der Waals surface area contributed by atoms with Crippen LogP contribution in [0.4, 0.5) is 4.79 Å². The fourth-order valence-electron chi connectivity index (χ4n) is 3.16. The van der Waals surface area contributed by atoms with Crippen molar-refractivity contribution in [1.29, 1.82) is 0 Å². The molecule has 0 aliphatic rings. The third-order valence-electron chi connectivity index (χ3n) is 4.77. The van der Waals surface area contributed by atoms with Crippen LogP contribution in [-0.2, 0) is 9.53 Å². The molecule has 0 aliphatic carbocycles. The van der Waals surface area contributed by atoms with Gasteiger partial charge in [0.15, 0.2) is 11.6 Å². The van der Waals surface area contributed by atoms with Gasteiger partial charge in [-0.05, 0) is 33.3 Å². The first-order chi connectivity index (χ1) is 15.5. The zero-order valence-corrected chi connectivity index (χ0v) is 19.4. The van der Waals surface area contributed by atoms with Crippen molar-refractivity contribution in [3.63, 3.8) is 0 Å². The summed E-state index contributed by atoms with van der Waals surface area (Å²) in [6, 6.07) is 13.9. The van der Waals surface area contributed by atoms with Crippen molar-refractivity contribution < 1.29 is 23.9 Å². The van der Waals surface area contributed by atoms with Gasteiger partial charge in [0.2, 0.25) is 5.91 Å². The third-order valence-corrected chi connectivity index (χ3v) is 4.77. The molecule has 0 radical (unpaired) electrons. The quantitative estimate of drug-likeness (QED) is 0.396. The van der Waals surface area contributed by atoms with Crippen LogP contribution in [0.5, 0.6) is 0 Å². The SMILES string of the molecule is CC(=O)c1ccc(C(=O)C(c2ccccc2)C(N)C(=O)NCCNC(=O)OC(C)(C)C)cc1. The fraction of sp³-hybridized carbons (Fsp3) is 0.360. The van der Waals surface area contributed by atoms with Gasteiger partial charge in [-0.25, -0.2) is 4.79 Å². The van der Waals surface area contributed by atoms with E-state index in [0.29, 0.717) is 16.7 Å². The number of nitrogens with two attached hydrogens (primary N) is 1. The predicted molar refractivity (Wildman–Crippen MR) is 125 cm³/mol. The minimum atomic E-state index is -1.16. The van der Waals surface area contributed by atoms with Crippen molar-refractivity contribution >= 4 is 23.6 Å². The molecule has 176 valence electrons. The molecule has 0 aromatic heterocycles. The predicted octanol–water partition coefficient (Wildman–Crippen LogP) is 2.82. The lowest BCUT2D eigenvalue weighted by atomic mass is 9.84. The molecule has 2 aromatic rings. The van der Waals surface area contributed by atoms with Gasteiger partial charge in [0, 0.05) is 24.2 Å². The second-order valence-corrected chi connectivity index (χ2v) is 8.63. The Kier molecular flexibility index (Phi) is 8.87. The van der Waals surface area contributed by atoms with E-state index >= 15 is 0 Å². The average Bonchev–Trinajstić information content (AvgIpc) is 2.76. The first-order valence-electron chi connectivity index (χ1n) is 10.7. The Hall–Kier alpha value is -3.52. The van der Waals surface area contributed by atoms with Gasteiger partial charge in [0.1, 0.15) is 5.60 Å². The molecule has 2 rings (SSSR count). The molecule has 2 unspecified atom stereocenters. The molecule has 0 heterocycles. The maximum absolute atomic E-state index is 13.3. The number of alkyl carbamates (subject to hydrolysis) is 1. The van der Waals surface area contributed by atoms with E-state index in [1.807, 2.05) is 0 Å². The Morgan fingerprint density at radius 2 is 1.42 bits per heavy atom. The van der Waals surface area contributed by atoms with Crippen molar-refractivity contribution in [3.05, 3.63) is 71.3 Å². The molecule has 2 amide bonds. The van der Waals surface area contributed by atoms with Crippen LogP contribution in [0.25, 0.3) is 0 Å². The van der Waals surface area contributed by atoms with Gasteiger partial charge in [-0.1, -0.05) is 54.6 Å². The van der Waals surface area contributed by atoms with E-state index in [1.54, 1.807) is 75.4 Å². The number of ether oxygens (including phenoxy) is 1. The first-order valence-corrected chi connectivity index (χ1v) is 10.7. The molecule has 0 aliphatic heterocycles. The highest BCUT2D eigenvalue weighted by molar-refractivity contribution is 6.05. The van der Waals surface area contributed by atoms with E-state index in [1.165, 1.54) is 6.92 Å². The molecule has 0 saturated carbocycles. The summed E-state index contributed by atoms with van der Waals surface area (Å²) in [5.74, 6) is -1.88. The van der Waals surface area contributed by atoms with Gasteiger partial charge in [0.25, 0.3) is 0 Å². The molecule has 0 saturated heterocycles. The van der Waals surface area contributed by atoms with E-state index in [0.717, 1.165) is 0 Å². The highest BCUT2D eigenvalue weighted by Crippen LogP contribution is 2.24. The lowest BCUT2D eigenvalue weighted by molar-refractivity contribution is -0.122. The number of ketones is 2. The summed E-state index contributed by atoms with van der Waals surface area (Å²) >= 11 is 0. The Balaban J connectivity index is 2.09. The van der Waals surface area contributed by atoms with E-state index < -0.39 is 29.6 Å². The fourth-order valence-corrected chi connectivity index (χ4v) is 3.16. The lowest BCUT2D eigenvalue weighted by Gasteiger charge is -2.23. The molecule has 4 N–H and O–H groups in total. The summed E-state index contributed by atoms with van der Waals surface area (Å²) in [6.07, 6.45) is -0.590. The average molecular weight is 454 g/mol. The van der Waals surface area contributed by atoms with E-state index in [-0.39, 0.29) is 24.7 Å². The molecule has 8 heteroatoms. The number of hydrogen-bond donors (Lipinski definition) is 3. The number of hydrogen-bond acceptors (Lipinski definition) is 6. The van der Waals surface area contributed by atoms with Gasteiger partial charge in [-0.15, -0.1) is 0 Å². The van der Waals surface area contributed by atoms with Crippen LogP contribution >= 0.6 is 0 Å². The summed E-state index contributed by atoms with van der Waals surface area (Å²) < 4.78 is 5.14. The largest absolute Gasteiger partial charge is 0.444 e. The standard InChI is InChI=1S/C25H31N3O5/c1-16(29)17-10-12-19(13-11-17)22(30)20(18-8-6-5-7-9-18)21(26)23(31)27-14-15-28-24(32)33-25(2,3)4/h5-13,20-21H,14-15,26H2,1-4H3,(H,27,31)(H,28,32). The van der Waals surface area contributed by atoms with E-state index in [2.05, 4.69) is 10.6 Å². The normalized spacial score (nSPS) is 12.9. The molecule has 0 fully saturated rings. The van der Waals surface area contributed by atoms with Gasteiger partial charge >= 0.3 is 6.09 Å². The lowest BCUT2D eigenvalue weighted by Crippen LogP contribution is -2.48. The minimum Gasteiger partial charge on any atom is -0.444 e. The van der Waals surface area contributed by atoms with Crippen molar-refractivity contribution in [2.75, 3.05) is 13.1 Å². The zero-order valence-electron chi connectivity index (χ0n) is 19.4. The number of amides is 2. The minimum absolute atomic E-state index is 0.107. The topological polar surface area (TPSA) is 128 Å². The molecule has 33 heavy (non-hydrogen) atoms. The zero-order chi connectivity index (χ0) is 24.6. The van der Waals surface area contributed by atoms with Crippen molar-refractivity contribution in [1.82, 2.24) is 10.6 Å². The maximum atomic E-state index is 13.3.